The minimum atomic E-state index is 1.01. The minimum Gasteiger partial charge on any atom is -0.0625 e. The van der Waals surface area contributed by atoms with Crippen LogP contribution in [0.4, 0.5) is 0 Å². The SMILES string of the molecule is CC1CC(C)CC(C2CCCC2)C1. The first-order chi connectivity index (χ1) is 6.25. The smallest absolute Gasteiger partial charge is 0.0381 e. The van der Waals surface area contributed by atoms with Gasteiger partial charge in [-0.05, 0) is 42.9 Å². The van der Waals surface area contributed by atoms with E-state index in [0.717, 1.165) is 23.7 Å². The fourth-order valence-corrected chi connectivity index (χ4v) is 3.82. The largest absolute Gasteiger partial charge is 0.0625 e. The van der Waals surface area contributed by atoms with Crippen molar-refractivity contribution in [2.75, 3.05) is 0 Å². The maximum absolute atomic E-state index is 2.46. The van der Waals surface area contributed by atoms with Crippen LogP contribution in [0.2, 0.25) is 0 Å². The molecule has 0 saturated heterocycles. The maximum atomic E-state index is 2.46. The van der Waals surface area contributed by atoms with Crippen LogP contribution in [0.3, 0.4) is 0 Å². The van der Waals surface area contributed by atoms with Crippen molar-refractivity contribution in [2.45, 2.75) is 58.8 Å². The summed E-state index contributed by atoms with van der Waals surface area (Å²) in [5.74, 6) is 4.23. The Bertz CT molecular complexity index is 145. The van der Waals surface area contributed by atoms with E-state index in [1.165, 1.54) is 32.1 Å². The Morgan fingerprint density at radius 1 is 0.692 bits per heavy atom. The Morgan fingerprint density at radius 2 is 1.23 bits per heavy atom. The van der Waals surface area contributed by atoms with Crippen LogP contribution < -0.4 is 0 Å². The first-order valence-corrected chi connectivity index (χ1v) is 6.25. The Balaban J connectivity index is 1.90. The highest BCUT2D eigenvalue weighted by molar-refractivity contribution is 4.82. The summed E-state index contributed by atoms with van der Waals surface area (Å²) >= 11 is 0. The van der Waals surface area contributed by atoms with Crippen molar-refractivity contribution in [3.63, 3.8) is 0 Å². The molecule has 0 nitrogen and oxygen atoms in total. The first kappa shape index (κ1) is 9.55. The second kappa shape index (κ2) is 4.02. The molecule has 13 heavy (non-hydrogen) atoms. The van der Waals surface area contributed by atoms with Gasteiger partial charge in [0.2, 0.25) is 0 Å². The average Bonchev–Trinajstić information content (AvgIpc) is 2.53. The third-order valence-electron chi connectivity index (χ3n) is 4.28. The van der Waals surface area contributed by atoms with E-state index in [1.807, 2.05) is 0 Å². The highest BCUT2D eigenvalue weighted by Gasteiger charge is 2.31. The zero-order valence-electron chi connectivity index (χ0n) is 9.26. The molecule has 2 unspecified atom stereocenters. The third kappa shape index (κ3) is 2.27. The van der Waals surface area contributed by atoms with E-state index in [9.17, 15) is 0 Å². The highest BCUT2D eigenvalue weighted by atomic mass is 14.4. The van der Waals surface area contributed by atoms with E-state index in [1.54, 1.807) is 12.8 Å². The predicted octanol–water partition coefficient (Wildman–Crippen LogP) is 4.25. The summed E-state index contributed by atoms with van der Waals surface area (Å²) in [6.45, 7) is 4.91. The van der Waals surface area contributed by atoms with E-state index in [0.29, 0.717) is 0 Å². The number of hydrogen-bond acceptors (Lipinski definition) is 0. The zero-order valence-corrected chi connectivity index (χ0v) is 9.26. The normalized spacial score (nSPS) is 42.5. The summed E-state index contributed by atoms with van der Waals surface area (Å²) in [5.41, 5.74) is 0. The molecule has 0 amide bonds. The van der Waals surface area contributed by atoms with Gasteiger partial charge >= 0.3 is 0 Å². The summed E-state index contributed by atoms with van der Waals surface area (Å²) < 4.78 is 0. The van der Waals surface area contributed by atoms with Crippen molar-refractivity contribution >= 4 is 0 Å². The zero-order chi connectivity index (χ0) is 9.26. The van der Waals surface area contributed by atoms with Gasteiger partial charge in [0.1, 0.15) is 0 Å². The van der Waals surface area contributed by atoms with Crippen LogP contribution in [0.5, 0.6) is 0 Å². The fourth-order valence-electron chi connectivity index (χ4n) is 3.82. The molecule has 0 aromatic rings. The van der Waals surface area contributed by atoms with E-state index in [-0.39, 0.29) is 0 Å². The second-order valence-electron chi connectivity index (χ2n) is 5.72. The maximum Gasteiger partial charge on any atom is -0.0381 e. The molecule has 0 aliphatic heterocycles. The molecule has 2 aliphatic carbocycles. The monoisotopic (exact) mass is 180 g/mol. The van der Waals surface area contributed by atoms with Crippen molar-refractivity contribution in [1.29, 1.82) is 0 Å². The molecule has 0 radical (unpaired) electrons. The van der Waals surface area contributed by atoms with Crippen molar-refractivity contribution < 1.29 is 0 Å². The van der Waals surface area contributed by atoms with Gasteiger partial charge in [-0.15, -0.1) is 0 Å². The summed E-state index contributed by atoms with van der Waals surface area (Å²) in [6, 6.07) is 0. The van der Waals surface area contributed by atoms with Gasteiger partial charge in [-0.25, -0.2) is 0 Å². The van der Waals surface area contributed by atoms with Crippen molar-refractivity contribution in [2.24, 2.45) is 23.7 Å². The van der Waals surface area contributed by atoms with E-state index >= 15 is 0 Å². The number of rotatable bonds is 1. The van der Waals surface area contributed by atoms with Crippen LogP contribution in [0, 0.1) is 23.7 Å². The quantitative estimate of drug-likeness (QED) is 0.566. The summed E-state index contributed by atoms with van der Waals surface area (Å²) in [4.78, 5) is 0. The summed E-state index contributed by atoms with van der Waals surface area (Å²) in [7, 11) is 0. The standard InChI is InChI=1S/C13H24/c1-10-7-11(2)9-13(8-10)12-5-3-4-6-12/h10-13H,3-9H2,1-2H3. The molecule has 2 rings (SSSR count). The predicted molar refractivity (Wildman–Crippen MR) is 57.6 cm³/mol. The van der Waals surface area contributed by atoms with Crippen molar-refractivity contribution in [1.82, 2.24) is 0 Å². The van der Waals surface area contributed by atoms with Crippen LogP contribution in [-0.2, 0) is 0 Å². The van der Waals surface area contributed by atoms with Crippen LogP contribution in [0.1, 0.15) is 58.8 Å². The van der Waals surface area contributed by atoms with Gasteiger partial charge in [0.05, 0.1) is 0 Å². The second-order valence-corrected chi connectivity index (χ2v) is 5.72. The van der Waals surface area contributed by atoms with Gasteiger partial charge in [0, 0.05) is 0 Å². The Labute approximate surface area is 83.1 Å². The molecular weight excluding hydrogens is 156 g/mol. The first-order valence-electron chi connectivity index (χ1n) is 6.25. The lowest BCUT2D eigenvalue weighted by molar-refractivity contribution is 0.162. The lowest BCUT2D eigenvalue weighted by Gasteiger charge is -2.35. The molecule has 0 aromatic heterocycles. The molecule has 2 aliphatic rings. The van der Waals surface area contributed by atoms with Crippen LogP contribution in [-0.4, -0.2) is 0 Å². The molecule has 2 saturated carbocycles. The Kier molecular flexibility index (Phi) is 2.96. The molecule has 0 bridgehead atoms. The van der Waals surface area contributed by atoms with E-state index in [2.05, 4.69) is 13.8 Å². The lowest BCUT2D eigenvalue weighted by atomic mass is 9.71. The van der Waals surface area contributed by atoms with Gasteiger partial charge < -0.3 is 0 Å². The lowest BCUT2D eigenvalue weighted by Crippen LogP contribution is -2.24. The Morgan fingerprint density at radius 3 is 1.77 bits per heavy atom. The van der Waals surface area contributed by atoms with Gasteiger partial charge in [-0.3, -0.25) is 0 Å². The van der Waals surface area contributed by atoms with Gasteiger partial charge in [0.25, 0.3) is 0 Å². The molecule has 0 heterocycles. The molecule has 0 spiro atoms. The fraction of sp³-hybridized carbons (Fsp3) is 1.00. The third-order valence-corrected chi connectivity index (χ3v) is 4.28. The summed E-state index contributed by atoms with van der Waals surface area (Å²) in [5, 5.41) is 0. The van der Waals surface area contributed by atoms with Crippen molar-refractivity contribution in [3.05, 3.63) is 0 Å². The molecule has 76 valence electrons. The van der Waals surface area contributed by atoms with Crippen molar-refractivity contribution in [3.8, 4) is 0 Å². The van der Waals surface area contributed by atoms with Crippen LogP contribution in [0.25, 0.3) is 0 Å². The van der Waals surface area contributed by atoms with Gasteiger partial charge in [-0.1, -0.05) is 39.5 Å². The van der Waals surface area contributed by atoms with Gasteiger partial charge in [0.15, 0.2) is 0 Å². The van der Waals surface area contributed by atoms with Crippen LogP contribution >= 0.6 is 0 Å². The minimum absolute atomic E-state index is 1.01. The Hall–Kier alpha value is 0. The molecule has 0 N–H and O–H groups in total. The topological polar surface area (TPSA) is 0 Å². The molecular formula is C13H24. The molecule has 2 fully saturated rings. The van der Waals surface area contributed by atoms with Gasteiger partial charge in [-0.2, -0.15) is 0 Å². The molecule has 0 aromatic carbocycles. The van der Waals surface area contributed by atoms with E-state index in [4.69, 9.17) is 0 Å². The average molecular weight is 180 g/mol. The van der Waals surface area contributed by atoms with Crippen LogP contribution in [0.15, 0.2) is 0 Å². The number of hydrogen-bond donors (Lipinski definition) is 0. The highest BCUT2D eigenvalue weighted by Crippen LogP contribution is 2.42. The molecule has 2 atom stereocenters. The summed E-state index contributed by atoms with van der Waals surface area (Å²) in [6.07, 6.45) is 10.7. The molecule has 0 heteroatoms. The van der Waals surface area contributed by atoms with E-state index < -0.39 is 0 Å².